The van der Waals surface area contributed by atoms with Gasteiger partial charge in [-0.05, 0) is 24.1 Å². The van der Waals surface area contributed by atoms with Crippen molar-refractivity contribution in [3.05, 3.63) is 0 Å². The van der Waals surface area contributed by atoms with Crippen LogP contribution in [0.4, 0.5) is 0 Å². The molecule has 0 radical (unpaired) electrons. The number of halogens is 1. The van der Waals surface area contributed by atoms with Crippen LogP contribution in [0.5, 0.6) is 0 Å². The largest absolute Gasteiger partial charge is 0.393 e. The molecule has 66 valence electrons. The number of aliphatic hydroxyl groups is 1. The van der Waals surface area contributed by atoms with E-state index in [9.17, 15) is 4.79 Å². The summed E-state index contributed by atoms with van der Waals surface area (Å²) in [6.07, 6.45) is 2.01. The Morgan fingerprint density at radius 3 is 2.83 bits per heavy atom. The minimum Gasteiger partial charge on any atom is -0.393 e. The fourth-order valence-electron chi connectivity index (χ4n) is 1.35. The number of nitrogens with one attached hydrogen (secondary N) is 1. The Morgan fingerprint density at radius 1 is 1.58 bits per heavy atom. The van der Waals surface area contributed by atoms with Gasteiger partial charge in [-0.3, -0.25) is 4.79 Å². The van der Waals surface area contributed by atoms with Gasteiger partial charge in [-0.15, -0.1) is 0 Å². The van der Waals surface area contributed by atoms with Gasteiger partial charge in [0.1, 0.15) is 0 Å². The highest BCUT2D eigenvalue weighted by molar-refractivity contribution is 9.12. The molecule has 0 aromatic carbocycles. The number of carbonyl (C=O) groups is 1. The average Bonchev–Trinajstić information content (AvgIpc) is 2.36. The minimum absolute atomic E-state index is 0.0980. The predicted molar refractivity (Wildman–Crippen MR) is 48.5 cm³/mol. The van der Waals surface area contributed by atoms with E-state index >= 15 is 0 Å². The second kappa shape index (κ2) is 4.48. The molecule has 0 aromatic heterocycles. The first kappa shape index (κ1) is 9.56. The molecule has 1 rings (SSSR count). The van der Waals surface area contributed by atoms with Crippen LogP contribution < -0.4 is 5.32 Å². The van der Waals surface area contributed by atoms with E-state index in [0.717, 1.165) is 12.8 Å². The molecular weight excluding hydrogens is 222 g/mol. The molecule has 0 aromatic rings. The van der Waals surface area contributed by atoms with Gasteiger partial charge >= 0.3 is 0 Å². The summed E-state index contributed by atoms with van der Waals surface area (Å²) < 4.78 is 0. The van der Waals surface area contributed by atoms with Crippen LogP contribution in [0.3, 0.4) is 0 Å². The molecule has 0 saturated heterocycles. The van der Waals surface area contributed by atoms with E-state index in [2.05, 4.69) is 32.0 Å². The Morgan fingerprint density at radius 2 is 2.33 bits per heavy atom. The molecule has 1 amide bonds. The molecule has 0 aliphatic heterocycles. The quantitative estimate of drug-likeness (QED) is 0.642. The second-order valence-corrected chi connectivity index (χ2v) is 3.25. The van der Waals surface area contributed by atoms with Crippen molar-refractivity contribution in [3.8, 4) is 10.8 Å². The molecule has 0 bridgehead atoms. The molecule has 3 nitrogen and oxygen atoms in total. The van der Waals surface area contributed by atoms with Crippen LogP contribution in [0.15, 0.2) is 0 Å². The number of rotatable bonds is 1. The molecule has 2 N–H and O–H groups in total. The van der Waals surface area contributed by atoms with Gasteiger partial charge in [0.15, 0.2) is 0 Å². The topological polar surface area (TPSA) is 49.3 Å². The molecule has 1 aliphatic carbocycles. The van der Waals surface area contributed by atoms with Gasteiger partial charge in [0.25, 0.3) is 5.91 Å². The molecular formula is C8H10BrNO2. The standard InChI is InChI=1S/C8H10BrNO2/c9-4-3-8(12)10-6-1-2-7(11)5-6/h6-7,11H,1-2,5H2,(H,10,12)/t6-,7+/m0/s1. The first-order chi connectivity index (χ1) is 5.72. The molecule has 2 atom stereocenters. The van der Waals surface area contributed by atoms with Crippen molar-refractivity contribution in [2.45, 2.75) is 31.4 Å². The Labute approximate surface area is 79.7 Å². The van der Waals surface area contributed by atoms with Crippen molar-refractivity contribution in [3.63, 3.8) is 0 Å². The van der Waals surface area contributed by atoms with E-state index in [-0.39, 0.29) is 18.1 Å². The molecule has 4 heteroatoms. The van der Waals surface area contributed by atoms with Gasteiger partial charge in [0, 0.05) is 27.9 Å². The van der Waals surface area contributed by atoms with Gasteiger partial charge in [-0.2, -0.15) is 0 Å². The number of amides is 1. The lowest BCUT2D eigenvalue weighted by molar-refractivity contribution is -0.116. The molecule has 1 saturated carbocycles. The molecule has 0 unspecified atom stereocenters. The summed E-state index contributed by atoms with van der Waals surface area (Å²) in [4.78, 5) is 13.2. The highest BCUT2D eigenvalue weighted by atomic mass is 79.9. The number of carbonyl (C=O) groups excluding carboxylic acids is 1. The van der Waals surface area contributed by atoms with Crippen LogP contribution in [0.25, 0.3) is 0 Å². The van der Waals surface area contributed by atoms with Gasteiger partial charge in [-0.1, -0.05) is 0 Å². The maximum Gasteiger partial charge on any atom is 0.296 e. The third-order valence-corrected chi connectivity index (χ3v) is 2.10. The van der Waals surface area contributed by atoms with E-state index in [1.807, 2.05) is 0 Å². The van der Waals surface area contributed by atoms with Gasteiger partial charge in [0.2, 0.25) is 0 Å². The summed E-state index contributed by atoms with van der Waals surface area (Å²) >= 11 is 2.84. The van der Waals surface area contributed by atoms with Gasteiger partial charge in [-0.25, -0.2) is 0 Å². The lowest BCUT2D eigenvalue weighted by Crippen LogP contribution is -2.32. The molecule has 0 spiro atoms. The summed E-state index contributed by atoms with van der Waals surface area (Å²) in [7, 11) is 0. The summed E-state index contributed by atoms with van der Waals surface area (Å²) in [6, 6.07) is 0.0980. The highest BCUT2D eigenvalue weighted by Gasteiger charge is 2.23. The Balaban J connectivity index is 2.31. The summed E-state index contributed by atoms with van der Waals surface area (Å²) in [5.74, 6) is 2.04. The first-order valence-electron chi connectivity index (χ1n) is 3.82. The highest BCUT2D eigenvalue weighted by Crippen LogP contribution is 2.18. The summed E-state index contributed by atoms with van der Waals surface area (Å²) in [5.41, 5.74) is 0. The van der Waals surface area contributed by atoms with E-state index in [0.29, 0.717) is 6.42 Å². The van der Waals surface area contributed by atoms with Crippen LogP contribution in [-0.2, 0) is 4.79 Å². The zero-order valence-corrected chi connectivity index (χ0v) is 8.10. The van der Waals surface area contributed by atoms with E-state index in [4.69, 9.17) is 5.11 Å². The zero-order valence-electron chi connectivity index (χ0n) is 6.51. The first-order valence-corrected chi connectivity index (χ1v) is 4.62. The predicted octanol–water partition coefficient (Wildman–Crippen LogP) is 0.372. The smallest absolute Gasteiger partial charge is 0.296 e. The number of aliphatic hydroxyl groups excluding tert-OH is 1. The molecule has 1 fully saturated rings. The number of hydrogen-bond donors (Lipinski definition) is 2. The van der Waals surface area contributed by atoms with E-state index in [1.165, 1.54) is 0 Å². The van der Waals surface area contributed by atoms with Crippen LogP contribution in [-0.4, -0.2) is 23.2 Å². The van der Waals surface area contributed by atoms with E-state index < -0.39 is 0 Å². The fraction of sp³-hybridized carbons (Fsp3) is 0.625. The molecule has 1 aliphatic rings. The normalized spacial score (nSPS) is 27.5. The van der Waals surface area contributed by atoms with Gasteiger partial charge in [0.05, 0.1) is 6.10 Å². The van der Waals surface area contributed by atoms with Crippen LogP contribution >= 0.6 is 15.9 Å². The lowest BCUT2D eigenvalue weighted by atomic mass is 10.2. The van der Waals surface area contributed by atoms with E-state index in [1.54, 1.807) is 0 Å². The van der Waals surface area contributed by atoms with Crippen molar-refractivity contribution >= 4 is 21.8 Å². The summed E-state index contributed by atoms with van der Waals surface area (Å²) in [5, 5.41) is 11.9. The fourth-order valence-corrected chi connectivity index (χ4v) is 1.53. The van der Waals surface area contributed by atoms with Crippen molar-refractivity contribution in [1.29, 1.82) is 0 Å². The molecule has 12 heavy (non-hydrogen) atoms. The maximum absolute atomic E-state index is 10.9. The minimum atomic E-state index is -0.286. The van der Waals surface area contributed by atoms with Crippen LogP contribution in [0.1, 0.15) is 19.3 Å². The second-order valence-electron chi connectivity index (χ2n) is 2.86. The lowest BCUT2D eigenvalue weighted by Gasteiger charge is -2.08. The van der Waals surface area contributed by atoms with Crippen LogP contribution in [0, 0.1) is 10.8 Å². The third kappa shape index (κ3) is 2.84. The SMILES string of the molecule is O=C(C#CBr)N[C@H]1CC[C@@H](O)C1. The van der Waals surface area contributed by atoms with Crippen molar-refractivity contribution in [2.24, 2.45) is 0 Å². The summed E-state index contributed by atoms with van der Waals surface area (Å²) in [6.45, 7) is 0. The van der Waals surface area contributed by atoms with Crippen molar-refractivity contribution in [2.75, 3.05) is 0 Å². The zero-order chi connectivity index (χ0) is 8.97. The Kier molecular flexibility index (Phi) is 3.57. The third-order valence-electron chi connectivity index (χ3n) is 1.90. The Hall–Kier alpha value is -0.530. The van der Waals surface area contributed by atoms with Crippen molar-refractivity contribution < 1.29 is 9.90 Å². The van der Waals surface area contributed by atoms with Crippen molar-refractivity contribution in [1.82, 2.24) is 5.32 Å². The molecule has 0 heterocycles. The monoisotopic (exact) mass is 231 g/mol. The van der Waals surface area contributed by atoms with Crippen LogP contribution in [0.2, 0.25) is 0 Å². The van der Waals surface area contributed by atoms with Gasteiger partial charge < -0.3 is 10.4 Å². The average molecular weight is 232 g/mol. The maximum atomic E-state index is 10.9. The number of hydrogen-bond acceptors (Lipinski definition) is 2. The Bertz CT molecular complexity index is 231.